The highest BCUT2D eigenvalue weighted by Gasteiger charge is 2.24. The van der Waals surface area contributed by atoms with Crippen LogP contribution in [0.5, 0.6) is 11.5 Å². The zero-order valence-electron chi connectivity index (χ0n) is 26.3. The molecule has 4 heterocycles. The molecule has 0 aliphatic carbocycles. The Morgan fingerprint density at radius 2 is 1.00 bits per heavy atom. The van der Waals surface area contributed by atoms with Gasteiger partial charge in [0.1, 0.15) is 11.5 Å². The molecular formula is C38H38Cl2N6O. The quantitative estimate of drug-likeness (QED) is 0.162. The molecule has 0 radical (unpaired) electrons. The summed E-state index contributed by atoms with van der Waals surface area (Å²) in [6, 6.07) is 29.6. The first-order valence-electron chi connectivity index (χ1n) is 16.6. The molecule has 0 amide bonds. The van der Waals surface area contributed by atoms with Gasteiger partial charge in [-0.3, -0.25) is 19.2 Å². The van der Waals surface area contributed by atoms with Crippen LogP contribution in [0.1, 0.15) is 48.9 Å². The van der Waals surface area contributed by atoms with Crippen LogP contribution in [0.15, 0.2) is 97.3 Å². The summed E-state index contributed by atoms with van der Waals surface area (Å²) in [5.74, 6) is 1.62. The molecule has 0 bridgehead atoms. The Labute approximate surface area is 285 Å². The fraction of sp³-hybridized carbons (Fsp3) is 0.316. The molecule has 0 spiro atoms. The lowest BCUT2D eigenvalue weighted by Crippen LogP contribution is -2.34. The van der Waals surface area contributed by atoms with Crippen molar-refractivity contribution < 1.29 is 4.74 Å². The Morgan fingerprint density at radius 1 is 0.574 bits per heavy atom. The average molecular weight is 666 g/mol. The van der Waals surface area contributed by atoms with E-state index in [4.69, 9.17) is 38.1 Å². The topological polar surface area (TPSA) is 51.4 Å². The maximum Gasteiger partial charge on any atom is 0.128 e. The third-order valence-electron chi connectivity index (χ3n) is 9.88. The maximum absolute atomic E-state index is 6.41. The SMILES string of the molecule is Clc1ccccc1CN1CCC(n2ncc3cc(Oc4ccc5c(cnn5C5CCN(Cc6ccccc6Cl)CC5)c4)ccc32)CC1. The maximum atomic E-state index is 6.41. The van der Waals surface area contributed by atoms with Crippen LogP contribution in [-0.2, 0) is 13.1 Å². The molecule has 240 valence electrons. The number of nitrogens with zero attached hydrogens (tertiary/aromatic N) is 6. The van der Waals surface area contributed by atoms with Gasteiger partial charge in [0.15, 0.2) is 0 Å². The second kappa shape index (κ2) is 13.3. The smallest absolute Gasteiger partial charge is 0.128 e. The van der Waals surface area contributed by atoms with Gasteiger partial charge in [0.2, 0.25) is 0 Å². The molecule has 2 aliphatic rings. The van der Waals surface area contributed by atoms with Gasteiger partial charge in [0, 0.05) is 60.1 Å². The minimum absolute atomic E-state index is 0.385. The minimum Gasteiger partial charge on any atom is -0.457 e. The van der Waals surface area contributed by atoms with Gasteiger partial charge in [-0.15, -0.1) is 0 Å². The van der Waals surface area contributed by atoms with E-state index in [1.54, 1.807) is 0 Å². The van der Waals surface area contributed by atoms with Crippen LogP contribution in [0.25, 0.3) is 21.8 Å². The number of piperidine rings is 2. The number of hydrogen-bond acceptors (Lipinski definition) is 5. The lowest BCUT2D eigenvalue weighted by atomic mass is 10.0. The summed E-state index contributed by atoms with van der Waals surface area (Å²) in [7, 11) is 0. The largest absolute Gasteiger partial charge is 0.457 e. The summed E-state index contributed by atoms with van der Waals surface area (Å²) in [5.41, 5.74) is 4.69. The van der Waals surface area contributed by atoms with Crippen LogP contribution in [0.3, 0.4) is 0 Å². The second-order valence-corrected chi connectivity index (χ2v) is 13.7. The van der Waals surface area contributed by atoms with Crippen LogP contribution in [-0.4, -0.2) is 55.5 Å². The predicted molar refractivity (Wildman–Crippen MR) is 190 cm³/mol. The number of ether oxygens (including phenoxy) is 1. The Kier molecular flexibility index (Phi) is 8.63. The number of aromatic nitrogens is 4. The van der Waals surface area contributed by atoms with Crippen molar-refractivity contribution in [2.45, 2.75) is 50.9 Å². The van der Waals surface area contributed by atoms with Crippen LogP contribution in [0, 0.1) is 0 Å². The zero-order chi connectivity index (χ0) is 31.7. The summed E-state index contributed by atoms with van der Waals surface area (Å²) < 4.78 is 10.8. The van der Waals surface area contributed by atoms with E-state index < -0.39 is 0 Å². The molecule has 0 saturated carbocycles. The Morgan fingerprint density at radius 3 is 1.43 bits per heavy atom. The van der Waals surface area contributed by atoms with Crippen molar-refractivity contribution in [1.82, 2.24) is 29.4 Å². The molecule has 9 heteroatoms. The number of likely N-dealkylation sites (tertiary alicyclic amines) is 2. The van der Waals surface area contributed by atoms with E-state index in [0.29, 0.717) is 12.1 Å². The highest BCUT2D eigenvalue weighted by molar-refractivity contribution is 6.31. The van der Waals surface area contributed by atoms with Crippen molar-refractivity contribution in [3.05, 3.63) is 118 Å². The first-order chi connectivity index (χ1) is 23.1. The third-order valence-corrected chi connectivity index (χ3v) is 10.6. The Balaban J connectivity index is 0.891. The molecule has 0 atom stereocenters. The van der Waals surface area contributed by atoms with E-state index in [-0.39, 0.29) is 0 Å². The van der Waals surface area contributed by atoms with E-state index in [9.17, 15) is 0 Å². The molecular weight excluding hydrogens is 627 g/mol. The number of halogens is 2. The van der Waals surface area contributed by atoms with Crippen LogP contribution in [0.2, 0.25) is 10.0 Å². The number of rotatable bonds is 8. The van der Waals surface area contributed by atoms with Crippen molar-refractivity contribution in [3.8, 4) is 11.5 Å². The van der Waals surface area contributed by atoms with Gasteiger partial charge in [0.25, 0.3) is 0 Å². The summed E-state index contributed by atoms with van der Waals surface area (Å²) in [4.78, 5) is 4.98. The third kappa shape index (κ3) is 6.50. The van der Waals surface area contributed by atoms with Gasteiger partial charge in [-0.25, -0.2) is 0 Å². The van der Waals surface area contributed by atoms with Gasteiger partial charge in [-0.2, -0.15) is 10.2 Å². The lowest BCUT2D eigenvalue weighted by molar-refractivity contribution is 0.175. The molecule has 7 nitrogen and oxygen atoms in total. The normalized spacial score (nSPS) is 17.1. The van der Waals surface area contributed by atoms with Gasteiger partial charge in [-0.1, -0.05) is 59.6 Å². The van der Waals surface area contributed by atoms with Crippen molar-refractivity contribution in [2.24, 2.45) is 0 Å². The Hall–Kier alpha value is -3.88. The van der Waals surface area contributed by atoms with Crippen LogP contribution in [0.4, 0.5) is 0 Å². The first-order valence-corrected chi connectivity index (χ1v) is 17.4. The van der Waals surface area contributed by atoms with E-state index >= 15 is 0 Å². The highest BCUT2D eigenvalue weighted by Crippen LogP contribution is 2.33. The number of hydrogen-bond donors (Lipinski definition) is 0. The van der Waals surface area contributed by atoms with E-state index in [1.807, 2.05) is 36.7 Å². The van der Waals surface area contributed by atoms with E-state index in [2.05, 4.69) is 79.8 Å². The average Bonchev–Trinajstić information content (AvgIpc) is 3.72. The van der Waals surface area contributed by atoms with E-state index in [0.717, 1.165) is 108 Å². The molecule has 4 aromatic carbocycles. The molecule has 8 rings (SSSR count). The van der Waals surface area contributed by atoms with Crippen molar-refractivity contribution in [3.63, 3.8) is 0 Å². The van der Waals surface area contributed by atoms with Crippen molar-refractivity contribution in [2.75, 3.05) is 26.2 Å². The van der Waals surface area contributed by atoms with Gasteiger partial charge in [-0.05, 0) is 85.3 Å². The minimum atomic E-state index is 0.385. The standard InChI is InChI=1S/C38H38Cl2N6O/c39-35-7-3-1-5-27(35)25-43-17-13-31(14-18-43)45-37-11-9-33(21-29(37)23-41-45)47-34-10-12-38-30(22-34)24-42-46(38)32-15-19-44(20-16-32)26-28-6-2-4-8-36(28)40/h1-12,21-24,31-32H,13-20,25-26H2. The number of fused-ring (bicyclic) bond motifs is 2. The molecule has 2 aromatic heterocycles. The predicted octanol–water partition coefficient (Wildman–Crippen LogP) is 9.16. The Bertz CT molecular complexity index is 1860. The summed E-state index contributed by atoms with van der Waals surface area (Å²) in [6.45, 7) is 5.90. The van der Waals surface area contributed by atoms with Crippen LogP contribution >= 0.6 is 23.2 Å². The van der Waals surface area contributed by atoms with Gasteiger partial charge in [0.05, 0.1) is 35.5 Å². The van der Waals surface area contributed by atoms with Crippen molar-refractivity contribution >= 4 is 45.0 Å². The van der Waals surface area contributed by atoms with Crippen molar-refractivity contribution in [1.29, 1.82) is 0 Å². The molecule has 47 heavy (non-hydrogen) atoms. The van der Waals surface area contributed by atoms with Gasteiger partial charge >= 0.3 is 0 Å². The molecule has 2 saturated heterocycles. The molecule has 2 fully saturated rings. The lowest BCUT2D eigenvalue weighted by Gasteiger charge is -2.32. The summed E-state index contributed by atoms with van der Waals surface area (Å²) in [5, 5.41) is 13.5. The van der Waals surface area contributed by atoms with E-state index in [1.165, 1.54) is 11.1 Å². The fourth-order valence-corrected chi connectivity index (χ4v) is 7.68. The fourth-order valence-electron chi connectivity index (χ4n) is 7.29. The zero-order valence-corrected chi connectivity index (χ0v) is 27.8. The molecule has 6 aromatic rings. The van der Waals surface area contributed by atoms with Gasteiger partial charge < -0.3 is 4.74 Å². The summed E-state index contributed by atoms with van der Waals surface area (Å²) >= 11 is 12.8. The second-order valence-electron chi connectivity index (χ2n) is 12.9. The molecule has 0 unspecified atom stereocenters. The first kappa shape index (κ1) is 30.5. The highest BCUT2D eigenvalue weighted by atomic mass is 35.5. The van der Waals surface area contributed by atoms with Crippen LogP contribution < -0.4 is 4.74 Å². The number of benzene rings is 4. The molecule has 0 N–H and O–H groups in total. The summed E-state index contributed by atoms with van der Waals surface area (Å²) in [6.07, 6.45) is 8.18. The molecule has 2 aliphatic heterocycles. The monoisotopic (exact) mass is 664 g/mol.